The number of carbonyl (C=O) groups excluding carboxylic acids is 2. The average molecular weight is 333 g/mol. The topological polar surface area (TPSA) is 73.2 Å². The molecule has 126 valence electrons. The van der Waals surface area contributed by atoms with Gasteiger partial charge in [-0.05, 0) is 43.2 Å². The smallest absolute Gasteiger partial charge is 0.229 e. The van der Waals surface area contributed by atoms with E-state index < -0.39 is 5.92 Å². The lowest BCUT2D eigenvalue weighted by molar-refractivity contribution is -0.122. The summed E-state index contributed by atoms with van der Waals surface area (Å²) < 4.78 is 0. The summed E-state index contributed by atoms with van der Waals surface area (Å²) in [7, 11) is 0. The Bertz CT molecular complexity index is 883. The van der Waals surface area contributed by atoms with Crippen molar-refractivity contribution < 1.29 is 9.59 Å². The number of rotatable bonds is 3. The van der Waals surface area contributed by atoms with Gasteiger partial charge in [-0.3, -0.25) is 9.59 Å². The number of amides is 2. The monoisotopic (exact) mass is 333 g/mol. The standard InChI is InChI=1S/C20H19N3O2/c1-13-7-8-14(2)17(9-13)22-20(25)16-10-19(24)23(12-16)18-6-4-3-5-15(18)11-21/h3-9,16H,10,12H2,1-2H3,(H,22,25). The Kier molecular flexibility index (Phi) is 4.53. The molecule has 1 fully saturated rings. The third-order valence-electron chi connectivity index (χ3n) is 4.46. The Morgan fingerprint density at radius 2 is 2.00 bits per heavy atom. The molecule has 3 rings (SSSR count). The zero-order valence-corrected chi connectivity index (χ0v) is 14.2. The lowest BCUT2D eigenvalue weighted by Crippen LogP contribution is -2.28. The van der Waals surface area contributed by atoms with Gasteiger partial charge in [0.2, 0.25) is 11.8 Å². The van der Waals surface area contributed by atoms with Crippen molar-refractivity contribution in [3.8, 4) is 6.07 Å². The quantitative estimate of drug-likeness (QED) is 0.937. The first-order valence-corrected chi connectivity index (χ1v) is 8.17. The average Bonchev–Trinajstić information content (AvgIpc) is 3.00. The van der Waals surface area contributed by atoms with Crippen LogP contribution in [-0.4, -0.2) is 18.4 Å². The zero-order chi connectivity index (χ0) is 18.0. The molecule has 25 heavy (non-hydrogen) atoms. The number of nitriles is 1. The summed E-state index contributed by atoms with van der Waals surface area (Å²) in [6.07, 6.45) is 0.149. The fourth-order valence-electron chi connectivity index (χ4n) is 3.02. The number of anilines is 2. The molecule has 5 nitrogen and oxygen atoms in total. The SMILES string of the molecule is Cc1ccc(C)c(NC(=O)C2CC(=O)N(c3ccccc3C#N)C2)c1. The van der Waals surface area contributed by atoms with Crippen LogP contribution in [0, 0.1) is 31.1 Å². The number of nitrogens with one attached hydrogen (secondary N) is 1. The van der Waals surface area contributed by atoms with Gasteiger partial charge in [0.1, 0.15) is 6.07 Å². The highest BCUT2D eigenvalue weighted by atomic mass is 16.2. The number of hydrogen-bond acceptors (Lipinski definition) is 3. The van der Waals surface area contributed by atoms with Crippen LogP contribution < -0.4 is 10.2 Å². The number of aryl methyl sites for hydroxylation is 2. The summed E-state index contributed by atoms with van der Waals surface area (Å²) in [5.74, 6) is -0.734. The molecule has 1 N–H and O–H groups in total. The molecule has 0 aromatic heterocycles. The predicted octanol–water partition coefficient (Wildman–Crippen LogP) is 3.17. The first-order chi connectivity index (χ1) is 12.0. The van der Waals surface area contributed by atoms with E-state index in [0.29, 0.717) is 11.3 Å². The van der Waals surface area contributed by atoms with Crippen molar-refractivity contribution in [2.24, 2.45) is 5.92 Å². The normalized spacial score (nSPS) is 16.6. The molecule has 5 heteroatoms. The van der Waals surface area contributed by atoms with Crippen molar-refractivity contribution in [1.82, 2.24) is 0 Å². The van der Waals surface area contributed by atoms with Crippen LogP contribution in [0.2, 0.25) is 0 Å². The van der Waals surface area contributed by atoms with E-state index in [2.05, 4.69) is 11.4 Å². The van der Waals surface area contributed by atoms with Crippen molar-refractivity contribution in [2.45, 2.75) is 20.3 Å². The van der Waals surface area contributed by atoms with E-state index >= 15 is 0 Å². The van der Waals surface area contributed by atoms with Gasteiger partial charge in [0.15, 0.2) is 0 Å². The molecule has 0 saturated carbocycles. The molecule has 0 aliphatic carbocycles. The molecular formula is C20H19N3O2. The van der Waals surface area contributed by atoms with E-state index in [1.807, 2.05) is 32.0 Å². The highest BCUT2D eigenvalue weighted by molar-refractivity contribution is 6.04. The van der Waals surface area contributed by atoms with Crippen LogP contribution in [0.3, 0.4) is 0 Å². The molecule has 1 saturated heterocycles. The molecule has 1 aliphatic heterocycles. The van der Waals surface area contributed by atoms with E-state index in [9.17, 15) is 14.9 Å². The molecule has 2 amide bonds. The number of carbonyl (C=O) groups is 2. The summed E-state index contributed by atoms with van der Waals surface area (Å²) in [6, 6.07) is 14.9. The van der Waals surface area contributed by atoms with Gasteiger partial charge in [0.25, 0.3) is 0 Å². The molecule has 1 aliphatic rings. The van der Waals surface area contributed by atoms with Crippen LogP contribution in [0.25, 0.3) is 0 Å². The van der Waals surface area contributed by atoms with Gasteiger partial charge < -0.3 is 10.2 Å². The van der Waals surface area contributed by atoms with Gasteiger partial charge in [-0.1, -0.05) is 24.3 Å². The maximum atomic E-state index is 12.6. The number of nitrogens with zero attached hydrogens (tertiary/aromatic N) is 2. The third kappa shape index (κ3) is 3.38. The second kappa shape index (κ2) is 6.78. The lowest BCUT2D eigenvalue weighted by Gasteiger charge is -2.18. The van der Waals surface area contributed by atoms with Crippen LogP contribution in [0.4, 0.5) is 11.4 Å². The van der Waals surface area contributed by atoms with Crippen molar-refractivity contribution in [2.75, 3.05) is 16.8 Å². The van der Waals surface area contributed by atoms with Crippen molar-refractivity contribution in [1.29, 1.82) is 5.26 Å². The van der Waals surface area contributed by atoms with E-state index in [-0.39, 0.29) is 24.8 Å². The molecule has 2 aromatic rings. The molecule has 0 spiro atoms. The predicted molar refractivity (Wildman–Crippen MR) is 96.2 cm³/mol. The van der Waals surface area contributed by atoms with Gasteiger partial charge in [-0.2, -0.15) is 5.26 Å². The first-order valence-electron chi connectivity index (χ1n) is 8.17. The van der Waals surface area contributed by atoms with Crippen molar-refractivity contribution in [3.05, 3.63) is 59.2 Å². The molecule has 0 bridgehead atoms. The minimum atomic E-state index is -0.431. The second-order valence-electron chi connectivity index (χ2n) is 6.34. The second-order valence-corrected chi connectivity index (χ2v) is 6.34. The number of hydrogen-bond donors (Lipinski definition) is 1. The summed E-state index contributed by atoms with van der Waals surface area (Å²) in [5.41, 5.74) is 3.82. The minimum Gasteiger partial charge on any atom is -0.326 e. The van der Waals surface area contributed by atoms with Gasteiger partial charge >= 0.3 is 0 Å². The summed E-state index contributed by atoms with van der Waals surface area (Å²) in [4.78, 5) is 26.5. The molecule has 0 radical (unpaired) electrons. The highest BCUT2D eigenvalue weighted by Gasteiger charge is 2.36. The zero-order valence-electron chi connectivity index (χ0n) is 14.2. The highest BCUT2D eigenvalue weighted by Crippen LogP contribution is 2.29. The maximum absolute atomic E-state index is 12.6. The molecule has 2 aromatic carbocycles. The van der Waals surface area contributed by atoms with Crippen LogP contribution in [0.5, 0.6) is 0 Å². The van der Waals surface area contributed by atoms with E-state index in [4.69, 9.17) is 0 Å². The summed E-state index contributed by atoms with van der Waals surface area (Å²) in [5, 5.41) is 12.2. The summed E-state index contributed by atoms with van der Waals surface area (Å²) in [6.45, 7) is 4.19. The van der Waals surface area contributed by atoms with Crippen LogP contribution in [0.15, 0.2) is 42.5 Å². The minimum absolute atomic E-state index is 0.135. The fraction of sp³-hybridized carbons (Fsp3) is 0.250. The van der Waals surface area contributed by atoms with Gasteiger partial charge in [-0.25, -0.2) is 0 Å². The molecule has 1 heterocycles. The number of benzene rings is 2. The number of para-hydroxylation sites is 1. The Morgan fingerprint density at radius 1 is 1.24 bits per heavy atom. The Morgan fingerprint density at radius 3 is 2.76 bits per heavy atom. The molecular weight excluding hydrogens is 314 g/mol. The molecule has 1 unspecified atom stereocenters. The Balaban J connectivity index is 1.77. The van der Waals surface area contributed by atoms with E-state index in [1.54, 1.807) is 24.3 Å². The molecule has 1 atom stereocenters. The van der Waals surface area contributed by atoms with Crippen molar-refractivity contribution in [3.63, 3.8) is 0 Å². The van der Waals surface area contributed by atoms with Crippen LogP contribution in [-0.2, 0) is 9.59 Å². The summed E-state index contributed by atoms with van der Waals surface area (Å²) >= 11 is 0. The van der Waals surface area contributed by atoms with Gasteiger partial charge in [0, 0.05) is 18.7 Å². The Hall–Kier alpha value is -3.13. The van der Waals surface area contributed by atoms with Crippen LogP contribution in [0.1, 0.15) is 23.1 Å². The van der Waals surface area contributed by atoms with Crippen molar-refractivity contribution >= 4 is 23.2 Å². The van der Waals surface area contributed by atoms with Gasteiger partial charge in [0.05, 0.1) is 17.2 Å². The maximum Gasteiger partial charge on any atom is 0.229 e. The fourth-order valence-corrected chi connectivity index (χ4v) is 3.02. The lowest BCUT2D eigenvalue weighted by atomic mass is 10.1. The van der Waals surface area contributed by atoms with E-state index in [0.717, 1.165) is 16.8 Å². The van der Waals surface area contributed by atoms with Crippen LogP contribution >= 0.6 is 0 Å². The first kappa shape index (κ1) is 16.7. The van der Waals surface area contributed by atoms with Gasteiger partial charge in [-0.15, -0.1) is 0 Å². The van der Waals surface area contributed by atoms with E-state index in [1.165, 1.54) is 4.90 Å². The Labute approximate surface area is 146 Å². The third-order valence-corrected chi connectivity index (χ3v) is 4.46. The largest absolute Gasteiger partial charge is 0.326 e.